The van der Waals surface area contributed by atoms with E-state index in [1.807, 2.05) is 66.7 Å². The summed E-state index contributed by atoms with van der Waals surface area (Å²) >= 11 is 6.11. The van der Waals surface area contributed by atoms with Crippen molar-refractivity contribution in [1.82, 2.24) is 4.98 Å². The standard InChI is InChI=1S/C29H22ClNO5/c30-23-8-5-21-6-10-24(31-27(21)17-23)9-4-19-2-1-3-22(16-19)29(35-14-15-36-29)13-12-20-7-11-25(32)18-26(20)28(33)34/h1-13,16-18,32H,14-15H2,(H,33,34)/b9-4+,13-12?. The molecule has 1 fully saturated rings. The molecule has 0 amide bonds. The van der Waals surface area contributed by atoms with Gasteiger partial charge >= 0.3 is 5.97 Å². The van der Waals surface area contributed by atoms with Crippen molar-refractivity contribution in [2.45, 2.75) is 5.79 Å². The van der Waals surface area contributed by atoms with Crippen LogP contribution in [0.4, 0.5) is 0 Å². The Kier molecular flexibility index (Phi) is 6.57. The number of carboxylic acid groups (broad SMARTS) is 1. The van der Waals surface area contributed by atoms with E-state index in [1.165, 1.54) is 12.1 Å². The number of rotatable bonds is 6. The summed E-state index contributed by atoms with van der Waals surface area (Å²) in [5.41, 5.74) is 3.73. The Hall–Kier alpha value is -3.97. The number of aromatic hydroxyl groups is 1. The second-order valence-electron chi connectivity index (χ2n) is 8.31. The van der Waals surface area contributed by atoms with Crippen LogP contribution in [0.15, 0.2) is 78.9 Å². The zero-order valence-electron chi connectivity index (χ0n) is 19.1. The van der Waals surface area contributed by atoms with Gasteiger partial charge in [-0.25, -0.2) is 9.78 Å². The highest BCUT2D eigenvalue weighted by molar-refractivity contribution is 6.31. The van der Waals surface area contributed by atoms with Crippen molar-refractivity contribution in [3.05, 3.63) is 112 Å². The van der Waals surface area contributed by atoms with Crippen LogP contribution in [0, 0.1) is 0 Å². The van der Waals surface area contributed by atoms with Gasteiger partial charge in [-0.3, -0.25) is 0 Å². The van der Waals surface area contributed by atoms with Gasteiger partial charge in [0.05, 0.1) is 30.0 Å². The quantitative estimate of drug-likeness (QED) is 0.320. The van der Waals surface area contributed by atoms with E-state index >= 15 is 0 Å². The smallest absolute Gasteiger partial charge is 0.336 e. The number of aromatic nitrogens is 1. The molecular weight excluding hydrogens is 478 g/mol. The summed E-state index contributed by atoms with van der Waals surface area (Å²) in [5, 5.41) is 20.8. The average Bonchev–Trinajstić information content (AvgIpc) is 3.37. The van der Waals surface area contributed by atoms with Crippen molar-refractivity contribution in [1.29, 1.82) is 0 Å². The number of carbonyl (C=O) groups is 1. The first-order valence-corrected chi connectivity index (χ1v) is 11.7. The lowest BCUT2D eigenvalue weighted by atomic mass is 9.99. The molecule has 0 atom stereocenters. The third kappa shape index (κ3) is 5.02. The summed E-state index contributed by atoms with van der Waals surface area (Å²) in [7, 11) is 0. The van der Waals surface area contributed by atoms with Crippen molar-refractivity contribution in [2.24, 2.45) is 0 Å². The number of nitrogens with zero attached hydrogens (tertiary/aromatic N) is 1. The van der Waals surface area contributed by atoms with Crippen molar-refractivity contribution in [3.8, 4) is 5.75 Å². The van der Waals surface area contributed by atoms with Crippen molar-refractivity contribution < 1.29 is 24.5 Å². The number of carboxylic acids is 1. The zero-order chi connectivity index (χ0) is 25.1. The van der Waals surface area contributed by atoms with Crippen LogP contribution in [-0.4, -0.2) is 34.4 Å². The van der Waals surface area contributed by atoms with Crippen LogP contribution in [0.5, 0.6) is 5.75 Å². The molecule has 180 valence electrons. The van der Waals surface area contributed by atoms with Crippen molar-refractivity contribution in [3.63, 3.8) is 0 Å². The van der Waals surface area contributed by atoms with Gasteiger partial charge in [-0.1, -0.05) is 60.2 Å². The summed E-state index contributed by atoms with van der Waals surface area (Å²) in [6.45, 7) is 0.796. The molecule has 36 heavy (non-hydrogen) atoms. The topological polar surface area (TPSA) is 88.9 Å². The van der Waals surface area contributed by atoms with Gasteiger partial charge in [-0.05, 0) is 59.7 Å². The Morgan fingerprint density at radius 2 is 1.75 bits per heavy atom. The molecule has 4 aromatic rings. The van der Waals surface area contributed by atoms with Crippen LogP contribution in [0.3, 0.4) is 0 Å². The number of hydrogen-bond acceptors (Lipinski definition) is 5. The number of ether oxygens (including phenoxy) is 2. The minimum absolute atomic E-state index is 0.0137. The molecule has 1 aliphatic rings. The van der Waals surface area contributed by atoms with Gasteiger partial charge in [0.2, 0.25) is 5.79 Å². The van der Waals surface area contributed by atoms with Gasteiger partial charge < -0.3 is 19.7 Å². The van der Waals surface area contributed by atoms with Gasteiger partial charge in [0, 0.05) is 16.0 Å². The van der Waals surface area contributed by atoms with Crippen LogP contribution >= 0.6 is 11.6 Å². The van der Waals surface area contributed by atoms with Crippen LogP contribution in [0.2, 0.25) is 5.02 Å². The molecule has 0 saturated carbocycles. The Morgan fingerprint density at radius 3 is 2.56 bits per heavy atom. The maximum atomic E-state index is 11.6. The van der Waals surface area contributed by atoms with Gasteiger partial charge in [-0.2, -0.15) is 0 Å². The molecule has 3 aromatic carbocycles. The molecule has 0 radical (unpaired) electrons. The van der Waals surface area contributed by atoms with E-state index in [2.05, 4.69) is 4.98 Å². The average molecular weight is 500 g/mol. The lowest BCUT2D eigenvalue weighted by Crippen LogP contribution is -2.24. The predicted molar refractivity (Wildman–Crippen MR) is 140 cm³/mol. The number of fused-ring (bicyclic) bond motifs is 1. The first-order chi connectivity index (χ1) is 17.4. The largest absolute Gasteiger partial charge is 0.508 e. The second-order valence-corrected chi connectivity index (χ2v) is 8.74. The molecule has 0 unspecified atom stereocenters. The van der Waals surface area contributed by atoms with Crippen LogP contribution in [0.25, 0.3) is 29.1 Å². The molecule has 7 heteroatoms. The van der Waals surface area contributed by atoms with E-state index in [-0.39, 0.29) is 11.3 Å². The van der Waals surface area contributed by atoms with E-state index in [1.54, 1.807) is 18.2 Å². The molecule has 2 N–H and O–H groups in total. The number of aromatic carboxylic acids is 1. The minimum Gasteiger partial charge on any atom is -0.508 e. The van der Waals surface area contributed by atoms with Gasteiger partial charge in [0.25, 0.3) is 0 Å². The Morgan fingerprint density at radius 1 is 0.944 bits per heavy atom. The summed E-state index contributed by atoms with van der Waals surface area (Å²) in [5.74, 6) is -2.41. The molecule has 1 saturated heterocycles. The van der Waals surface area contributed by atoms with E-state index < -0.39 is 11.8 Å². The fraction of sp³-hybridized carbons (Fsp3) is 0.103. The van der Waals surface area contributed by atoms with Crippen LogP contribution in [-0.2, 0) is 15.3 Å². The van der Waals surface area contributed by atoms with E-state index in [0.29, 0.717) is 23.8 Å². The lowest BCUT2D eigenvalue weighted by Gasteiger charge is -2.24. The Labute approximate surface area is 212 Å². The molecule has 1 aromatic heterocycles. The third-order valence-electron chi connectivity index (χ3n) is 5.88. The molecule has 1 aliphatic heterocycles. The number of pyridine rings is 1. The summed E-state index contributed by atoms with van der Waals surface area (Å²) in [6, 6.07) is 21.5. The maximum absolute atomic E-state index is 11.6. The molecule has 2 heterocycles. The number of phenols is 1. The van der Waals surface area contributed by atoms with E-state index in [9.17, 15) is 15.0 Å². The number of halogens is 1. The first kappa shape index (κ1) is 23.8. The normalized spacial score (nSPS) is 15.2. The van der Waals surface area contributed by atoms with Gasteiger partial charge in [-0.15, -0.1) is 0 Å². The zero-order valence-corrected chi connectivity index (χ0v) is 19.9. The summed E-state index contributed by atoms with van der Waals surface area (Å²) < 4.78 is 12.0. The number of phenolic OH excluding ortho intramolecular Hbond substituents is 1. The third-order valence-corrected chi connectivity index (χ3v) is 6.11. The predicted octanol–water partition coefficient (Wildman–Crippen LogP) is 6.38. The van der Waals surface area contributed by atoms with E-state index in [0.717, 1.165) is 27.7 Å². The molecule has 5 rings (SSSR count). The second kappa shape index (κ2) is 9.95. The van der Waals surface area contributed by atoms with Crippen LogP contribution in [0.1, 0.15) is 32.7 Å². The highest BCUT2D eigenvalue weighted by Gasteiger charge is 2.36. The minimum atomic E-state index is -1.16. The number of benzene rings is 3. The monoisotopic (exact) mass is 499 g/mol. The van der Waals surface area contributed by atoms with Crippen molar-refractivity contribution >= 4 is 46.7 Å². The fourth-order valence-corrected chi connectivity index (χ4v) is 4.27. The van der Waals surface area contributed by atoms with Crippen molar-refractivity contribution in [2.75, 3.05) is 13.2 Å². The SMILES string of the molecule is O=C(O)c1cc(O)ccc1C=CC1(c2cccc(/C=C/c3ccc4ccc(Cl)cc4n3)c2)OCCO1. The summed E-state index contributed by atoms with van der Waals surface area (Å²) in [4.78, 5) is 16.3. The molecule has 0 bridgehead atoms. The molecule has 6 nitrogen and oxygen atoms in total. The molecule has 0 aliphatic carbocycles. The van der Waals surface area contributed by atoms with Gasteiger partial charge in [0.1, 0.15) is 5.75 Å². The van der Waals surface area contributed by atoms with Gasteiger partial charge in [0.15, 0.2) is 0 Å². The highest BCUT2D eigenvalue weighted by Crippen LogP contribution is 2.35. The fourth-order valence-electron chi connectivity index (χ4n) is 4.10. The summed E-state index contributed by atoms with van der Waals surface area (Å²) in [6.07, 6.45) is 7.22. The Balaban J connectivity index is 1.44. The number of hydrogen-bond donors (Lipinski definition) is 2. The maximum Gasteiger partial charge on any atom is 0.336 e. The highest BCUT2D eigenvalue weighted by atomic mass is 35.5. The lowest BCUT2D eigenvalue weighted by molar-refractivity contribution is -0.122. The van der Waals surface area contributed by atoms with E-state index in [4.69, 9.17) is 21.1 Å². The molecule has 0 spiro atoms. The molecular formula is C29H22ClNO5. The Bertz CT molecular complexity index is 1510. The van der Waals surface area contributed by atoms with Crippen LogP contribution < -0.4 is 0 Å². The first-order valence-electron chi connectivity index (χ1n) is 11.3.